The molecule has 1 fully saturated rings. The first kappa shape index (κ1) is 12.9. The van der Waals surface area contributed by atoms with E-state index in [4.69, 9.17) is 0 Å². The van der Waals surface area contributed by atoms with E-state index in [9.17, 15) is 4.79 Å². The van der Waals surface area contributed by atoms with Gasteiger partial charge in [0.05, 0.1) is 6.04 Å². The Kier molecular flexibility index (Phi) is 3.33. The Hall–Kier alpha value is -1.51. The SMILES string of the molecule is CN1C(=O)NC[C@H]1C(c1ccccc1)C(C)(C)C. The number of likely N-dealkylation sites (N-methyl/N-ethyl adjacent to an activating group) is 1. The van der Waals surface area contributed by atoms with Crippen molar-refractivity contribution in [3.63, 3.8) is 0 Å². The van der Waals surface area contributed by atoms with Gasteiger partial charge in [0.25, 0.3) is 0 Å². The molecule has 1 N–H and O–H groups in total. The monoisotopic (exact) mass is 246 g/mol. The molecule has 1 aliphatic rings. The van der Waals surface area contributed by atoms with E-state index in [-0.39, 0.29) is 17.5 Å². The molecule has 3 nitrogen and oxygen atoms in total. The lowest BCUT2D eigenvalue weighted by Gasteiger charge is -2.38. The summed E-state index contributed by atoms with van der Waals surface area (Å²) in [5.74, 6) is 0.336. The second-order valence-electron chi connectivity index (χ2n) is 6.12. The normalized spacial score (nSPS) is 21.9. The molecular weight excluding hydrogens is 224 g/mol. The molecule has 0 aliphatic carbocycles. The van der Waals surface area contributed by atoms with Crippen LogP contribution in [0.3, 0.4) is 0 Å². The molecule has 1 unspecified atom stereocenters. The zero-order valence-corrected chi connectivity index (χ0v) is 11.6. The lowest BCUT2D eigenvalue weighted by molar-refractivity contribution is 0.182. The van der Waals surface area contributed by atoms with Gasteiger partial charge >= 0.3 is 6.03 Å². The van der Waals surface area contributed by atoms with Crippen molar-refractivity contribution in [2.75, 3.05) is 13.6 Å². The van der Waals surface area contributed by atoms with Crippen molar-refractivity contribution in [1.29, 1.82) is 0 Å². The van der Waals surface area contributed by atoms with Crippen molar-refractivity contribution in [3.05, 3.63) is 35.9 Å². The molecule has 1 aromatic rings. The fourth-order valence-electron chi connectivity index (χ4n) is 2.91. The zero-order valence-electron chi connectivity index (χ0n) is 11.6. The van der Waals surface area contributed by atoms with E-state index in [1.165, 1.54) is 5.56 Å². The van der Waals surface area contributed by atoms with Gasteiger partial charge in [-0.15, -0.1) is 0 Å². The van der Waals surface area contributed by atoms with Crippen LogP contribution in [0.5, 0.6) is 0 Å². The average Bonchev–Trinajstić information content (AvgIpc) is 2.61. The van der Waals surface area contributed by atoms with Crippen LogP contribution in [0.2, 0.25) is 0 Å². The van der Waals surface area contributed by atoms with Gasteiger partial charge in [0.15, 0.2) is 0 Å². The molecule has 18 heavy (non-hydrogen) atoms. The summed E-state index contributed by atoms with van der Waals surface area (Å²) in [6.07, 6.45) is 0. The van der Waals surface area contributed by atoms with E-state index < -0.39 is 0 Å². The zero-order chi connectivity index (χ0) is 13.3. The molecule has 0 bridgehead atoms. The molecule has 2 amide bonds. The van der Waals surface area contributed by atoms with Gasteiger partial charge in [0, 0.05) is 19.5 Å². The first-order chi connectivity index (χ1) is 8.41. The fraction of sp³-hybridized carbons (Fsp3) is 0.533. The second-order valence-corrected chi connectivity index (χ2v) is 6.12. The van der Waals surface area contributed by atoms with E-state index in [1.807, 2.05) is 18.0 Å². The fourth-order valence-corrected chi connectivity index (χ4v) is 2.91. The molecular formula is C15H22N2O. The van der Waals surface area contributed by atoms with Crippen LogP contribution in [0.4, 0.5) is 4.79 Å². The highest BCUT2D eigenvalue weighted by Crippen LogP contribution is 2.40. The Bertz CT molecular complexity index is 422. The first-order valence-electron chi connectivity index (χ1n) is 6.47. The molecule has 2 atom stereocenters. The van der Waals surface area contributed by atoms with Crippen LogP contribution in [0.1, 0.15) is 32.3 Å². The average molecular weight is 246 g/mol. The largest absolute Gasteiger partial charge is 0.336 e. The number of carbonyl (C=O) groups excluding carboxylic acids is 1. The Labute approximate surface area is 109 Å². The van der Waals surface area contributed by atoms with Crippen molar-refractivity contribution in [1.82, 2.24) is 10.2 Å². The molecule has 0 saturated carbocycles. The van der Waals surface area contributed by atoms with Gasteiger partial charge in [-0.1, -0.05) is 51.1 Å². The van der Waals surface area contributed by atoms with Gasteiger partial charge in [-0.25, -0.2) is 4.79 Å². The molecule has 1 aromatic carbocycles. The lowest BCUT2D eigenvalue weighted by Crippen LogP contribution is -2.40. The molecule has 0 radical (unpaired) electrons. The van der Waals surface area contributed by atoms with Crippen LogP contribution in [-0.4, -0.2) is 30.6 Å². The van der Waals surface area contributed by atoms with E-state index in [0.29, 0.717) is 5.92 Å². The maximum absolute atomic E-state index is 11.7. The summed E-state index contributed by atoms with van der Waals surface area (Å²) in [6, 6.07) is 10.7. The molecule has 3 heteroatoms. The lowest BCUT2D eigenvalue weighted by atomic mass is 9.72. The minimum Gasteiger partial charge on any atom is -0.336 e. The van der Waals surface area contributed by atoms with Crippen LogP contribution in [0, 0.1) is 5.41 Å². The van der Waals surface area contributed by atoms with E-state index in [2.05, 4.69) is 50.4 Å². The van der Waals surface area contributed by atoms with Gasteiger partial charge in [-0.05, 0) is 11.0 Å². The summed E-state index contributed by atoms with van der Waals surface area (Å²) in [6.45, 7) is 7.44. The first-order valence-corrected chi connectivity index (χ1v) is 6.47. The summed E-state index contributed by atoms with van der Waals surface area (Å²) < 4.78 is 0. The third-order valence-electron chi connectivity index (χ3n) is 3.76. The molecule has 98 valence electrons. The molecule has 1 saturated heterocycles. The third-order valence-corrected chi connectivity index (χ3v) is 3.76. The van der Waals surface area contributed by atoms with Crippen molar-refractivity contribution in [3.8, 4) is 0 Å². The molecule has 0 aromatic heterocycles. The molecule has 0 spiro atoms. The van der Waals surface area contributed by atoms with Crippen LogP contribution in [0.15, 0.2) is 30.3 Å². The van der Waals surface area contributed by atoms with Crippen LogP contribution in [0.25, 0.3) is 0 Å². The number of carbonyl (C=O) groups is 1. The Morgan fingerprint density at radius 2 is 1.89 bits per heavy atom. The van der Waals surface area contributed by atoms with Crippen molar-refractivity contribution >= 4 is 6.03 Å². The van der Waals surface area contributed by atoms with E-state index >= 15 is 0 Å². The molecule has 1 heterocycles. The molecule has 2 rings (SSSR count). The summed E-state index contributed by atoms with van der Waals surface area (Å²) in [5, 5.41) is 2.93. The number of nitrogens with zero attached hydrogens (tertiary/aromatic N) is 1. The quantitative estimate of drug-likeness (QED) is 0.855. The highest BCUT2D eigenvalue weighted by Gasteiger charge is 2.40. The Morgan fingerprint density at radius 1 is 1.28 bits per heavy atom. The smallest absolute Gasteiger partial charge is 0.317 e. The predicted molar refractivity (Wildman–Crippen MR) is 73.6 cm³/mol. The standard InChI is InChI=1S/C15H22N2O/c1-15(2,3)13(11-8-6-5-7-9-11)12-10-16-14(18)17(12)4/h5-9,12-13H,10H2,1-4H3,(H,16,18)/t12-,13?/m0/s1. The minimum absolute atomic E-state index is 0.0326. The topological polar surface area (TPSA) is 32.3 Å². The highest BCUT2D eigenvalue weighted by molar-refractivity contribution is 5.76. The van der Waals surface area contributed by atoms with Crippen LogP contribution < -0.4 is 5.32 Å². The van der Waals surface area contributed by atoms with Crippen LogP contribution >= 0.6 is 0 Å². The number of benzene rings is 1. The Morgan fingerprint density at radius 3 is 2.33 bits per heavy atom. The Balaban J connectivity index is 2.36. The van der Waals surface area contributed by atoms with Crippen molar-refractivity contribution < 1.29 is 4.79 Å². The predicted octanol–water partition coefficient (Wildman–Crippen LogP) is 2.84. The number of hydrogen-bond donors (Lipinski definition) is 1. The number of nitrogens with one attached hydrogen (secondary N) is 1. The number of rotatable bonds is 2. The summed E-state index contributed by atoms with van der Waals surface area (Å²) in [5.41, 5.74) is 1.42. The van der Waals surface area contributed by atoms with Gasteiger partial charge < -0.3 is 10.2 Å². The maximum Gasteiger partial charge on any atom is 0.317 e. The van der Waals surface area contributed by atoms with Crippen molar-refractivity contribution in [2.24, 2.45) is 5.41 Å². The third kappa shape index (κ3) is 2.35. The maximum atomic E-state index is 11.7. The number of hydrogen-bond acceptors (Lipinski definition) is 1. The number of amides is 2. The van der Waals surface area contributed by atoms with Gasteiger partial charge in [-0.3, -0.25) is 0 Å². The minimum atomic E-state index is 0.0326. The highest BCUT2D eigenvalue weighted by atomic mass is 16.2. The van der Waals surface area contributed by atoms with Gasteiger partial charge in [0.1, 0.15) is 0 Å². The van der Waals surface area contributed by atoms with E-state index in [1.54, 1.807) is 0 Å². The van der Waals surface area contributed by atoms with E-state index in [0.717, 1.165) is 6.54 Å². The van der Waals surface area contributed by atoms with Gasteiger partial charge in [-0.2, -0.15) is 0 Å². The summed E-state index contributed by atoms with van der Waals surface area (Å²) >= 11 is 0. The summed E-state index contributed by atoms with van der Waals surface area (Å²) in [4.78, 5) is 13.5. The van der Waals surface area contributed by atoms with Gasteiger partial charge in [0.2, 0.25) is 0 Å². The summed E-state index contributed by atoms with van der Waals surface area (Å²) in [7, 11) is 1.88. The van der Waals surface area contributed by atoms with Crippen molar-refractivity contribution in [2.45, 2.75) is 32.7 Å². The number of urea groups is 1. The molecule has 1 aliphatic heterocycles. The second kappa shape index (κ2) is 4.63. The van der Waals surface area contributed by atoms with Crippen LogP contribution in [-0.2, 0) is 0 Å².